The highest BCUT2D eigenvalue weighted by atomic mass is 16.6. The molecule has 72 heavy (non-hydrogen) atoms. The zero-order chi connectivity index (χ0) is 52.2. The van der Waals surface area contributed by atoms with Crippen molar-refractivity contribution < 1.29 is 28.6 Å². The van der Waals surface area contributed by atoms with E-state index >= 15 is 0 Å². The second-order valence-electron chi connectivity index (χ2n) is 20.9. The third-order valence-electron chi connectivity index (χ3n) is 13.8. The summed E-state index contributed by atoms with van der Waals surface area (Å²) in [5.41, 5.74) is 0. The van der Waals surface area contributed by atoms with E-state index in [1.807, 2.05) is 0 Å². The molecule has 0 saturated carbocycles. The van der Waals surface area contributed by atoms with Crippen LogP contribution in [-0.4, -0.2) is 37.2 Å². The van der Waals surface area contributed by atoms with Crippen LogP contribution in [0.4, 0.5) is 0 Å². The highest BCUT2D eigenvalue weighted by Crippen LogP contribution is 2.17. The number of hydrogen-bond donors (Lipinski definition) is 0. The van der Waals surface area contributed by atoms with E-state index < -0.39 is 6.10 Å². The van der Waals surface area contributed by atoms with Crippen molar-refractivity contribution in [1.82, 2.24) is 0 Å². The third kappa shape index (κ3) is 58.0. The number of carbonyl (C=O) groups is 3. The van der Waals surface area contributed by atoms with Crippen LogP contribution in [0.2, 0.25) is 0 Å². The molecule has 0 fully saturated rings. The van der Waals surface area contributed by atoms with Crippen LogP contribution in [0, 0.1) is 0 Å². The first-order valence-electron chi connectivity index (χ1n) is 31.3. The van der Waals surface area contributed by atoms with E-state index in [1.165, 1.54) is 199 Å². The van der Waals surface area contributed by atoms with Crippen molar-refractivity contribution in [3.8, 4) is 0 Å². The van der Waals surface area contributed by atoms with E-state index in [2.05, 4.69) is 81.5 Å². The Labute approximate surface area is 447 Å². The summed E-state index contributed by atoms with van der Waals surface area (Å²) in [7, 11) is 0. The summed E-state index contributed by atoms with van der Waals surface area (Å²) in [5, 5.41) is 0. The molecule has 0 rings (SSSR count). The molecule has 1 unspecified atom stereocenters. The number of hydrogen-bond acceptors (Lipinski definition) is 6. The molecule has 0 aromatic carbocycles. The Balaban J connectivity index is 4.15. The molecule has 0 aromatic rings. The topological polar surface area (TPSA) is 78.9 Å². The predicted molar refractivity (Wildman–Crippen MR) is 312 cm³/mol. The number of unbranched alkanes of at least 4 members (excludes halogenated alkanes) is 36. The molecule has 0 spiro atoms. The predicted octanol–water partition coefficient (Wildman–Crippen LogP) is 21.2. The lowest BCUT2D eigenvalue weighted by Crippen LogP contribution is -2.30. The molecule has 418 valence electrons. The van der Waals surface area contributed by atoms with E-state index in [9.17, 15) is 14.4 Å². The maximum atomic E-state index is 12.8. The molecule has 0 heterocycles. The van der Waals surface area contributed by atoms with Crippen LogP contribution >= 0.6 is 0 Å². The molecule has 0 amide bonds. The standard InChI is InChI=1S/C66H118O6/c1-4-7-10-13-16-19-22-24-26-27-28-29-30-31-32-33-34-35-36-37-38-39-41-42-44-47-50-53-56-59-65(68)71-62-63(61-70-64(67)58-55-52-49-46-21-18-15-12-9-6-3)72-66(69)60-57-54-51-48-45-43-40-25-23-20-17-14-11-8-5-2/h8,11,17,20,25,27-28,40,45,48,63H,4-7,9-10,12-16,18-19,21-24,26,29-39,41-44,46-47,49-62H2,1-3H3/b11-8-,20-17-,28-27-,40-25-,48-45-. The number of rotatable bonds is 57. The van der Waals surface area contributed by atoms with Crippen LogP contribution in [-0.2, 0) is 28.6 Å². The van der Waals surface area contributed by atoms with Crippen LogP contribution < -0.4 is 0 Å². The van der Waals surface area contributed by atoms with E-state index in [-0.39, 0.29) is 37.5 Å². The van der Waals surface area contributed by atoms with Crippen LogP contribution in [0.15, 0.2) is 60.8 Å². The SMILES string of the molecule is CC/C=C\C/C=C\C/C=C\C/C=C\CCCCC(=O)OC(COC(=O)CCCCCCCCCCCC)COC(=O)CCCCCCCCCCCCCCCCCCC/C=C\CCCCCCCCCC. The molecule has 1 atom stereocenters. The van der Waals surface area contributed by atoms with E-state index in [0.717, 1.165) is 77.0 Å². The van der Waals surface area contributed by atoms with Crippen molar-refractivity contribution in [3.63, 3.8) is 0 Å². The van der Waals surface area contributed by atoms with E-state index in [4.69, 9.17) is 14.2 Å². The molecule has 0 aliphatic heterocycles. The van der Waals surface area contributed by atoms with E-state index in [1.54, 1.807) is 0 Å². The van der Waals surface area contributed by atoms with Crippen molar-refractivity contribution in [2.75, 3.05) is 13.2 Å². The number of allylic oxidation sites excluding steroid dienone is 10. The summed E-state index contributed by atoms with van der Waals surface area (Å²) in [5.74, 6) is -0.917. The van der Waals surface area contributed by atoms with Gasteiger partial charge in [-0.1, -0.05) is 281 Å². The summed E-state index contributed by atoms with van der Waals surface area (Å²) in [4.78, 5) is 38.1. The van der Waals surface area contributed by atoms with Crippen molar-refractivity contribution >= 4 is 17.9 Å². The van der Waals surface area contributed by atoms with Gasteiger partial charge in [0.1, 0.15) is 13.2 Å². The first-order chi connectivity index (χ1) is 35.5. The Hall–Kier alpha value is -2.89. The summed E-state index contributed by atoms with van der Waals surface area (Å²) in [6, 6.07) is 0. The Morgan fingerprint density at radius 2 is 0.542 bits per heavy atom. The summed E-state index contributed by atoms with van der Waals surface area (Å²) >= 11 is 0. The van der Waals surface area contributed by atoms with Crippen molar-refractivity contribution in [2.24, 2.45) is 0 Å². The highest BCUT2D eigenvalue weighted by Gasteiger charge is 2.19. The van der Waals surface area contributed by atoms with Crippen LogP contribution in [0.5, 0.6) is 0 Å². The van der Waals surface area contributed by atoms with Crippen LogP contribution in [0.25, 0.3) is 0 Å². The molecule has 6 heteroatoms. The molecule has 0 bridgehead atoms. The molecule has 0 aliphatic carbocycles. The number of ether oxygens (including phenoxy) is 3. The minimum Gasteiger partial charge on any atom is -0.462 e. The average Bonchev–Trinajstić information content (AvgIpc) is 3.38. The second kappa shape index (κ2) is 60.7. The van der Waals surface area contributed by atoms with Gasteiger partial charge in [0.2, 0.25) is 0 Å². The van der Waals surface area contributed by atoms with Crippen LogP contribution in [0.1, 0.15) is 323 Å². The second-order valence-corrected chi connectivity index (χ2v) is 20.9. The zero-order valence-electron chi connectivity index (χ0n) is 47.9. The Morgan fingerprint density at radius 1 is 0.292 bits per heavy atom. The maximum absolute atomic E-state index is 12.8. The van der Waals surface area contributed by atoms with Gasteiger partial charge in [-0.25, -0.2) is 0 Å². The fraction of sp³-hybridized carbons (Fsp3) is 0.803. The fourth-order valence-corrected chi connectivity index (χ4v) is 9.08. The lowest BCUT2D eigenvalue weighted by Gasteiger charge is -2.18. The number of esters is 3. The van der Waals surface area contributed by atoms with E-state index in [0.29, 0.717) is 19.3 Å². The summed E-state index contributed by atoms with van der Waals surface area (Å²) in [6.07, 6.45) is 76.8. The Bertz CT molecular complexity index is 1290. The molecule has 0 aliphatic rings. The first-order valence-corrected chi connectivity index (χ1v) is 31.3. The number of carbonyl (C=O) groups excluding carboxylic acids is 3. The normalized spacial score (nSPS) is 12.4. The minimum absolute atomic E-state index is 0.0875. The van der Waals surface area contributed by atoms with Gasteiger partial charge in [0.15, 0.2) is 6.10 Å². The lowest BCUT2D eigenvalue weighted by molar-refractivity contribution is -0.167. The van der Waals surface area contributed by atoms with Gasteiger partial charge in [0.25, 0.3) is 0 Å². The van der Waals surface area contributed by atoms with Crippen molar-refractivity contribution in [2.45, 2.75) is 329 Å². The Kier molecular flexibility index (Phi) is 58.2. The van der Waals surface area contributed by atoms with Gasteiger partial charge in [0.05, 0.1) is 0 Å². The summed E-state index contributed by atoms with van der Waals surface area (Å²) in [6.45, 7) is 6.51. The molecule has 6 nitrogen and oxygen atoms in total. The Morgan fingerprint density at radius 3 is 0.889 bits per heavy atom. The fourth-order valence-electron chi connectivity index (χ4n) is 9.08. The molecule has 0 saturated heterocycles. The molecular formula is C66H118O6. The van der Waals surface area contributed by atoms with Gasteiger partial charge in [0, 0.05) is 19.3 Å². The van der Waals surface area contributed by atoms with Crippen molar-refractivity contribution in [3.05, 3.63) is 60.8 Å². The highest BCUT2D eigenvalue weighted by molar-refractivity contribution is 5.71. The maximum Gasteiger partial charge on any atom is 0.306 e. The van der Waals surface area contributed by atoms with Gasteiger partial charge in [-0.2, -0.15) is 0 Å². The van der Waals surface area contributed by atoms with Crippen LogP contribution in [0.3, 0.4) is 0 Å². The zero-order valence-corrected chi connectivity index (χ0v) is 47.9. The summed E-state index contributed by atoms with van der Waals surface area (Å²) < 4.78 is 16.8. The first kappa shape index (κ1) is 69.1. The molecule has 0 N–H and O–H groups in total. The monoisotopic (exact) mass is 1010 g/mol. The molecule has 0 radical (unpaired) electrons. The van der Waals surface area contributed by atoms with Gasteiger partial charge >= 0.3 is 17.9 Å². The lowest BCUT2D eigenvalue weighted by atomic mass is 10.0. The largest absolute Gasteiger partial charge is 0.462 e. The third-order valence-corrected chi connectivity index (χ3v) is 13.8. The van der Waals surface area contributed by atoms with Gasteiger partial charge < -0.3 is 14.2 Å². The van der Waals surface area contributed by atoms with Gasteiger partial charge in [-0.15, -0.1) is 0 Å². The minimum atomic E-state index is -0.792. The molecule has 0 aromatic heterocycles. The average molecular weight is 1010 g/mol. The molecular weight excluding hydrogens is 889 g/mol. The van der Waals surface area contributed by atoms with Crippen molar-refractivity contribution in [1.29, 1.82) is 0 Å². The smallest absolute Gasteiger partial charge is 0.306 e. The van der Waals surface area contributed by atoms with Gasteiger partial charge in [-0.05, 0) is 83.5 Å². The van der Waals surface area contributed by atoms with Gasteiger partial charge in [-0.3, -0.25) is 14.4 Å². The quantitative estimate of drug-likeness (QED) is 0.0261.